The van der Waals surface area contributed by atoms with Crippen molar-refractivity contribution in [2.45, 2.75) is 46.1 Å². The summed E-state index contributed by atoms with van der Waals surface area (Å²) in [5, 5.41) is 3.18. The van der Waals surface area contributed by atoms with Crippen LogP contribution in [-0.4, -0.2) is 45.2 Å². The highest BCUT2D eigenvalue weighted by atomic mass is 32.2. The maximum Gasteiger partial charge on any atom is 0.151 e. The van der Waals surface area contributed by atoms with Gasteiger partial charge in [0.05, 0.1) is 11.5 Å². The summed E-state index contributed by atoms with van der Waals surface area (Å²) in [6.07, 6.45) is 1.57. The Balaban J connectivity index is 3.67. The van der Waals surface area contributed by atoms with Gasteiger partial charge in [0.1, 0.15) is 0 Å². The molecule has 17 heavy (non-hydrogen) atoms. The van der Waals surface area contributed by atoms with E-state index in [2.05, 4.69) is 5.32 Å². The van der Waals surface area contributed by atoms with Gasteiger partial charge in [0.15, 0.2) is 9.84 Å². The molecule has 0 heterocycles. The standard InChI is InChI=1S/C12H27NO3S/c1-5-8-16-9-6-10-17(14,15)11-7-13-12(2,3)4/h13H,5-11H2,1-4H3. The Morgan fingerprint density at radius 2 is 1.76 bits per heavy atom. The Bertz CT molecular complexity index is 281. The van der Waals surface area contributed by atoms with Crippen LogP contribution in [0.3, 0.4) is 0 Å². The third-order valence-electron chi connectivity index (χ3n) is 2.16. The van der Waals surface area contributed by atoms with Crippen LogP contribution in [0.4, 0.5) is 0 Å². The highest BCUT2D eigenvalue weighted by Gasteiger charge is 2.13. The number of rotatable bonds is 9. The lowest BCUT2D eigenvalue weighted by molar-refractivity contribution is 0.136. The second-order valence-corrected chi connectivity index (χ2v) is 7.60. The summed E-state index contributed by atoms with van der Waals surface area (Å²) in [6, 6.07) is 0. The SMILES string of the molecule is CCCOCCCS(=O)(=O)CCNC(C)(C)C. The van der Waals surface area contributed by atoms with Gasteiger partial charge >= 0.3 is 0 Å². The van der Waals surface area contributed by atoms with Gasteiger partial charge in [-0.05, 0) is 33.6 Å². The van der Waals surface area contributed by atoms with Crippen LogP contribution in [-0.2, 0) is 14.6 Å². The molecular formula is C12H27NO3S. The first-order valence-corrected chi connectivity index (χ1v) is 8.12. The smallest absolute Gasteiger partial charge is 0.151 e. The van der Waals surface area contributed by atoms with Crippen LogP contribution in [0.1, 0.15) is 40.5 Å². The minimum atomic E-state index is -2.93. The highest BCUT2D eigenvalue weighted by Crippen LogP contribution is 1.99. The van der Waals surface area contributed by atoms with Crippen molar-refractivity contribution < 1.29 is 13.2 Å². The molecule has 0 spiro atoms. The second kappa shape index (κ2) is 8.06. The van der Waals surface area contributed by atoms with E-state index in [9.17, 15) is 8.42 Å². The quantitative estimate of drug-likeness (QED) is 0.644. The van der Waals surface area contributed by atoms with Crippen LogP contribution < -0.4 is 5.32 Å². The average Bonchev–Trinajstić information content (AvgIpc) is 2.14. The summed E-state index contributed by atoms with van der Waals surface area (Å²) in [5.41, 5.74) is -0.0280. The molecular weight excluding hydrogens is 238 g/mol. The summed E-state index contributed by atoms with van der Waals surface area (Å²) in [7, 11) is -2.93. The number of nitrogens with one attached hydrogen (secondary N) is 1. The van der Waals surface area contributed by atoms with E-state index >= 15 is 0 Å². The fraction of sp³-hybridized carbons (Fsp3) is 1.00. The van der Waals surface area contributed by atoms with Gasteiger partial charge in [-0.2, -0.15) is 0 Å². The molecule has 0 fully saturated rings. The molecule has 1 N–H and O–H groups in total. The van der Waals surface area contributed by atoms with Crippen molar-refractivity contribution in [2.75, 3.05) is 31.3 Å². The van der Waals surface area contributed by atoms with E-state index in [-0.39, 0.29) is 17.0 Å². The van der Waals surface area contributed by atoms with Crippen LogP contribution in [0.5, 0.6) is 0 Å². The third-order valence-corrected chi connectivity index (χ3v) is 3.90. The summed E-state index contributed by atoms with van der Waals surface area (Å²) < 4.78 is 28.6. The van der Waals surface area contributed by atoms with Gasteiger partial charge in [-0.25, -0.2) is 8.42 Å². The van der Waals surface area contributed by atoms with E-state index in [0.29, 0.717) is 26.2 Å². The van der Waals surface area contributed by atoms with Gasteiger partial charge in [0, 0.05) is 25.3 Å². The zero-order valence-corrected chi connectivity index (χ0v) is 12.4. The predicted octanol–water partition coefficient (Wildman–Crippen LogP) is 1.61. The lowest BCUT2D eigenvalue weighted by Crippen LogP contribution is -2.39. The van der Waals surface area contributed by atoms with Gasteiger partial charge in [-0.15, -0.1) is 0 Å². The first-order chi connectivity index (χ1) is 7.77. The minimum absolute atomic E-state index is 0.0280. The van der Waals surface area contributed by atoms with Crippen molar-refractivity contribution >= 4 is 9.84 Å². The summed E-state index contributed by atoms with van der Waals surface area (Å²) in [4.78, 5) is 0. The Kier molecular flexibility index (Phi) is 8.00. The van der Waals surface area contributed by atoms with Crippen molar-refractivity contribution in [3.63, 3.8) is 0 Å². The molecule has 4 nitrogen and oxygen atoms in total. The zero-order valence-electron chi connectivity index (χ0n) is 11.6. The van der Waals surface area contributed by atoms with Gasteiger partial charge in [-0.1, -0.05) is 6.92 Å². The Labute approximate surface area is 106 Å². The second-order valence-electron chi connectivity index (χ2n) is 5.29. The van der Waals surface area contributed by atoms with Gasteiger partial charge < -0.3 is 10.1 Å². The van der Waals surface area contributed by atoms with E-state index in [1.165, 1.54) is 0 Å². The molecule has 0 aliphatic carbocycles. The van der Waals surface area contributed by atoms with E-state index in [4.69, 9.17) is 4.74 Å². The summed E-state index contributed by atoms with van der Waals surface area (Å²) >= 11 is 0. The molecule has 0 saturated heterocycles. The Morgan fingerprint density at radius 3 is 2.29 bits per heavy atom. The number of hydrogen-bond acceptors (Lipinski definition) is 4. The normalized spacial score (nSPS) is 12.9. The van der Waals surface area contributed by atoms with Crippen LogP contribution in [0.25, 0.3) is 0 Å². The largest absolute Gasteiger partial charge is 0.381 e. The molecule has 0 saturated carbocycles. The molecule has 0 radical (unpaired) electrons. The number of hydrogen-bond donors (Lipinski definition) is 1. The molecule has 0 atom stereocenters. The van der Waals surface area contributed by atoms with Crippen molar-refractivity contribution in [2.24, 2.45) is 0 Å². The number of sulfone groups is 1. The average molecular weight is 265 g/mol. The lowest BCUT2D eigenvalue weighted by atomic mass is 10.1. The molecule has 0 aromatic carbocycles. The topological polar surface area (TPSA) is 55.4 Å². The maximum atomic E-state index is 11.7. The van der Waals surface area contributed by atoms with Crippen molar-refractivity contribution in [1.82, 2.24) is 5.32 Å². The maximum absolute atomic E-state index is 11.7. The zero-order chi connectivity index (χ0) is 13.4. The number of ether oxygens (including phenoxy) is 1. The van der Waals surface area contributed by atoms with Crippen molar-refractivity contribution in [3.8, 4) is 0 Å². The molecule has 0 aliphatic heterocycles. The first kappa shape index (κ1) is 16.9. The third kappa shape index (κ3) is 12.1. The van der Waals surface area contributed by atoms with Crippen LogP contribution in [0.15, 0.2) is 0 Å². The fourth-order valence-electron chi connectivity index (χ4n) is 1.31. The monoisotopic (exact) mass is 265 g/mol. The molecule has 0 unspecified atom stereocenters. The van der Waals surface area contributed by atoms with Crippen LogP contribution in [0, 0.1) is 0 Å². The molecule has 0 bridgehead atoms. The molecule has 0 aliphatic rings. The summed E-state index contributed by atoms with van der Waals surface area (Å²) in [6.45, 7) is 9.89. The van der Waals surface area contributed by atoms with Crippen LogP contribution >= 0.6 is 0 Å². The molecule has 104 valence electrons. The van der Waals surface area contributed by atoms with E-state index < -0.39 is 9.84 Å². The fourth-order valence-corrected chi connectivity index (χ4v) is 2.49. The van der Waals surface area contributed by atoms with E-state index in [1.807, 2.05) is 27.7 Å². The highest BCUT2D eigenvalue weighted by molar-refractivity contribution is 7.91. The Morgan fingerprint density at radius 1 is 1.12 bits per heavy atom. The summed E-state index contributed by atoms with van der Waals surface area (Å²) in [5.74, 6) is 0.431. The molecule has 0 rings (SSSR count). The molecule has 0 amide bonds. The Hall–Kier alpha value is -0.130. The minimum Gasteiger partial charge on any atom is -0.381 e. The van der Waals surface area contributed by atoms with Gasteiger partial charge in [-0.3, -0.25) is 0 Å². The van der Waals surface area contributed by atoms with Gasteiger partial charge in [0.25, 0.3) is 0 Å². The van der Waals surface area contributed by atoms with Crippen molar-refractivity contribution in [3.05, 3.63) is 0 Å². The van der Waals surface area contributed by atoms with Gasteiger partial charge in [0.2, 0.25) is 0 Å². The molecule has 0 aromatic rings. The van der Waals surface area contributed by atoms with E-state index in [0.717, 1.165) is 6.42 Å². The predicted molar refractivity (Wildman–Crippen MR) is 72.1 cm³/mol. The van der Waals surface area contributed by atoms with Crippen LogP contribution in [0.2, 0.25) is 0 Å². The molecule has 5 heteroatoms. The van der Waals surface area contributed by atoms with Crippen molar-refractivity contribution in [1.29, 1.82) is 0 Å². The van der Waals surface area contributed by atoms with E-state index in [1.54, 1.807) is 0 Å². The first-order valence-electron chi connectivity index (χ1n) is 6.30. The lowest BCUT2D eigenvalue weighted by Gasteiger charge is -2.20. The molecule has 0 aromatic heterocycles.